The predicted molar refractivity (Wildman–Crippen MR) is 101 cm³/mol. The Morgan fingerprint density at radius 2 is 1.96 bits per heavy atom. The third-order valence-electron chi connectivity index (χ3n) is 3.64. The quantitative estimate of drug-likeness (QED) is 0.663. The van der Waals surface area contributed by atoms with E-state index >= 15 is 0 Å². The molecule has 0 aliphatic rings. The molecule has 0 bridgehead atoms. The highest BCUT2D eigenvalue weighted by molar-refractivity contribution is 6.04. The van der Waals surface area contributed by atoms with Gasteiger partial charge in [-0.2, -0.15) is 0 Å². The zero-order valence-corrected chi connectivity index (χ0v) is 15.6. The summed E-state index contributed by atoms with van der Waals surface area (Å²) in [6, 6.07) is 6.80. The van der Waals surface area contributed by atoms with Crippen LogP contribution in [0.4, 0.5) is 11.5 Å². The molecular weight excluding hydrogens is 334 g/mol. The summed E-state index contributed by atoms with van der Waals surface area (Å²) >= 11 is 0. The Balaban J connectivity index is 2.04. The Morgan fingerprint density at radius 1 is 1.15 bits per heavy atom. The number of rotatable bonds is 9. The standard InChI is InChI=1S/C18H25N5O3/c1-23(2)9-5-8-19-17-11-15(20-12-21-17)18(24)22-14-10-13(25-3)6-7-16(14)26-4/h6-7,10-12H,5,8-9H2,1-4H3,(H,22,24)(H,19,20,21). The van der Waals surface area contributed by atoms with Crippen LogP contribution in [0.5, 0.6) is 11.5 Å². The molecule has 26 heavy (non-hydrogen) atoms. The van der Waals surface area contributed by atoms with Gasteiger partial charge >= 0.3 is 0 Å². The Kier molecular flexibility index (Phi) is 7.16. The lowest BCUT2D eigenvalue weighted by atomic mass is 10.2. The topological polar surface area (TPSA) is 88.6 Å². The molecule has 1 aromatic carbocycles. The number of benzene rings is 1. The van der Waals surface area contributed by atoms with Crippen LogP contribution in [-0.4, -0.2) is 62.2 Å². The van der Waals surface area contributed by atoms with Crippen LogP contribution in [-0.2, 0) is 0 Å². The van der Waals surface area contributed by atoms with Crippen molar-refractivity contribution >= 4 is 17.4 Å². The van der Waals surface area contributed by atoms with E-state index in [0.717, 1.165) is 19.5 Å². The van der Waals surface area contributed by atoms with Crippen molar-refractivity contribution in [2.45, 2.75) is 6.42 Å². The number of carbonyl (C=O) groups is 1. The number of ether oxygens (including phenoxy) is 2. The molecule has 0 fully saturated rings. The minimum Gasteiger partial charge on any atom is -0.497 e. The van der Waals surface area contributed by atoms with E-state index in [1.807, 2.05) is 14.1 Å². The van der Waals surface area contributed by atoms with Crippen LogP contribution >= 0.6 is 0 Å². The van der Waals surface area contributed by atoms with E-state index in [9.17, 15) is 4.79 Å². The van der Waals surface area contributed by atoms with Crippen molar-refractivity contribution in [3.8, 4) is 11.5 Å². The maximum absolute atomic E-state index is 12.5. The number of carbonyl (C=O) groups excluding carboxylic acids is 1. The lowest BCUT2D eigenvalue weighted by molar-refractivity contribution is 0.102. The first kappa shape index (κ1) is 19.5. The summed E-state index contributed by atoms with van der Waals surface area (Å²) in [6.45, 7) is 1.74. The largest absolute Gasteiger partial charge is 0.497 e. The fraction of sp³-hybridized carbons (Fsp3) is 0.389. The highest BCUT2D eigenvalue weighted by Gasteiger charge is 2.13. The van der Waals surface area contributed by atoms with Crippen LogP contribution in [0.3, 0.4) is 0 Å². The zero-order valence-electron chi connectivity index (χ0n) is 15.6. The first-order chi connectivity index (χ1) is 12.5. The first-order valence-corrected chi connectivity index (χ1v) is 8.27. The van der Waals surface area contributed by atoms with Gasteiger partial charge in [0.2, 0.25) is 0 Å². The number of nitrogens with one attached hydrogen (secondary N) is 2. The highest BCUT2D eigenvalue weighted by atomic mass is 16.5. The molecule has 0 spiro atoms. The van der Waals surface area contributed by atoms with Gasteiger partial charge in [-0.05, 0) is 39.2 Å². The first-order valence-electron chi connectivity index (χ1n) is 8.27. The minimum absolute atomic E-state index is 0.264. The fourth-order valence-electron chi connectivity index (χ4n) is 2.29. The van der Waals surface area contributed by atoms with Gasteiger partial charge in [-0.25, -0.2) is 9.97 Å². The number of hydrogen-bond donors (Lipinski definition) is 2. The molecule has 2 rings (SSSR count). The molecule has 2 aromatic rings. The predicted octanol–water partition coefficient (Wildman–Crippen LogP) is 2.11. The van der Waals surface area contributed by atoms with Crippen molar-refractivity contribution in [1.82, 2.24) is 14.9 Å². The van der Waals surface area contributed by atoms with Crippen LogP contribution in [0.2, 0.25) is 0 Å². The van der Waals surface area contributed by atoms with Crippen molar-refractivity contribution in [3.63, 3.8) is 0 Å². The van der Waals surface area contributed by atoms with Crippen LogP contribution in [0, 0.1) is 0 Å². The second kappa shape index (κ2) is 9.57. The number of nitrogens with zero attached hydrogens (tertiary/aromatic N) is 3. The van der Waals surface area contributed by atoms with Gasteiger partial charge in [-0.1, -0.05) is 0 Å². The molecule has 0 saturated carbocycles. The lowest BCUT2D eigenvalue weighted by Crippen LogP contribution is -2.17. The molecule has 0 unspecified atom stereocenters. The third-order valence-corrected chi connectivity index (χ3v) is 3.64. The van der Waals surface area contributed by atoms with E-state index in [1.165, 1.54) is 13.4 Å². The molecule has 2 N–H and O–H groups in total. The zero-order chi connectivity index (χ0) is 18.9. The Bertz CT molecular complexity index is 737. The molecule has 0 atom stereocenters. The molecule has 0 aliphatic heterocycles. The highest BCUT2D eigenvalue weighted by Crippen LogP contribution is 2.29. The number of hydrogen-bond acceptors (Lipinski definition) is 7. The molecular formula is C18H25N5O3. The second-order valence-corrected chi connectivity index (χ2v) is 5.89. The van der Waals surface area contributed by atoms with Crippen molar-refractivity contribution in [2.24, 2.45) is 0 Å². The van der Waals surface area contributed by atoms with E-state index in [-0.39, 0.29) is 11.6 Å². The summed E-state index contributed by atoms with van der Waals surface area (Å²) in [6.07, 6.45) is 2.34. The van der Waals surface area contributed by atoms with Crippen molar-refractivity contribution in [2.75, 3.05) is 52.0 Å². The van der Waals surface area contributed by atoms with Gasteiger partial charge in [0.05, 0.1) is 19.9 Å². The molecule has 8 nitrogen and oxygen atoms in total. The van der Waals surface area contributed by atoms with Gasteiger partial charge in [-0.15, -0.1) is 0 Å². The van der Waals surface area contributed by atoms with E-state index < -0.39 is 0 Å². The van der Waals surface area contributed by atoms with Gasteiger partial charge in [0.1, 0.15) is 29.3 Å². The number of aromatic nitrogens is 2. The van der Waals surface area contributed by atoms with Gasteiger partial charge in [0, 0.05) is 18.7 Å². The van der Waals surface area contributed by atoms with Gasteiger partial charge in [-0.3, -0.25) is 4.79 Å². The van der Waals surface area contributed by atoms with Crippen LogP contribution in [0.25, 0.3) is 0 Å². The van der Waals surface area contributed by atoms with E-state index in [4.69, 9.17) is 9.47 Å². The SMILES string of the molecule is COc1ccc(OC)c(NC(=O)c2cc(NCCCN(C)C)ncn2)c1. The van der Waals surface area contributed by atoms with Gasteiger partial charge in [0.15, 0.2) is 0 Å². The maximum atomic E-state index is 12.5. The van der Waals surface area contributed by atoms with E-state index in [1.54, 1.807) is 31.4 Å². The number of amides is 1. The Hall–Kier alpha value is -2.87. The average Bonchev–Trinajstić information content (AvgIpc) is 2.65. The lowest BCUT2D eigenvalue weighted by Gasteiger charge is -2.12. The molecule has 8 heteroatoms. The fourth-order valence-corrected chi connectivity index (χ4v) is 2.29. The third kappa shape index (κ3) is 5.59. The maximum Gasteiger partial charge on any atom is 0.274 e. The smallest absolute Gasteiger partial charge is 0.274 e. The van der Waals surface area contributed by atoms with E-state index in [2.05, 4.69) is 25.5 Å². The van der Waals surface area contributed by atoms with Crippen LogP contribution < -0.4 is 20.1 Å². The van der Waals surface area contributed by atoms with Crippen molar-refractivity contribution < 1.29 is 14.3 Å². The van der Waals surface area contributed by atoms with Crippen LogP contribution in [0.15, 0.2) is 30.6 Å². The normalized spacial score (nSPS) is 10.5. The van der Waals surface area contributed by atoms with Gasteiger partial charge in [0.25, 0.3) is 5.91 Å². The molecule has 1 heterocycles. The monoisotopic (exact) mass is 359 g/mol. The van der Waals surface area contributed by atoms with Crippen molar-refractivity contribution in [3.05, 3.63) is 36.3 Å². The summed E-state index contributed by atoms with van der Waals surface area (Å²) in [5.41, 5.74) is 0.774. The summed E-state index contributed by atoms with van der Waals surface area (Å²) in [5, 5.41) is 5.99. The summed E-state index contributed by atoms with van der Waals surface area (Å²) in [4.78, 5) is 22.8. The average molecular weight is 359 g/mol. The molecule has 1 amide bonds. The number of methoxy groups -OCH3 is 2. The summed E-state index contributed by atoms with van der Waals surface area (Å²) in [7, 11) is 7.16. The minimum atomic E-state index is -0.352. The number of anilines is 2. The molecule has 0 aliphatic carbocycles. The van der Waals surface area contributed by atoms with Gasteiger partial charge < -0.3 is 25.0 Å². The van der Waals surface area contributed by atoms with Crippen LogP contribution in [0.1, 0.15) is 16.9 Å². The van der Waals surface area contributed by atoms with E-state index in [0.29, 0.717) is 23.0 Å². The van der Waals surface area contributed by atoms with Crippen molar-refractivity contribution in [1.29, 1.82) is 0 Å². The molecule has 0 radical (unpaired) electrons. The second-order valence-electron chi connectivity index (χ2n) is 5.89. The molecule has 1 aromatic heterocycles. The Labute approximate surface area is 153 Å². The summed E-state index contributed by atoms with van der Waals surface area (Å²) < 4.78 is 10.5. The summed E-state index contributed by atoms with van der Waals surface area (Å²) in [5.74, 6) is 1.42. The molecule has 140 valence electrons. The molecule has 0 saturated heterocycles. The Morgan fingerprint density at radius 3 is 2.65 bits per heavy atom.